The van der Waals surface area contributed by atoms with Crippen molar-refractivity contribution in [3.63, 3.8) is 0 Å². The molecule has 3 N–H and O–H groups in total. The van der Waals surface area contributed by atoms with Gasteiger partial charge in [-0.25, -0.2) is 9.97 Å². The Balaban J connectivity index is 1.76. The Morgan fingerprint density at radius 2 is 2.00 bits per heavy atom. The lowest BCUT2D eigenvalue weighted by atomic mass is 10.1. The first kappa shape index (κ1) is 15.7. The van der Waals surface area contributed by atoms with Crippen molar-refractivity contribution in [2.24, 2.45) is 0 Å². The summed E-state index contributed by atoms with van der Waals surface area (Å²) in [6.45, 7) is 2.01. The first-order valence-electron chi connectivity index (χ1n) is 7.64. The minimum atomic E-state index is -0.0930. The van der Waals surface area contributed by atoms with Crippen molar-refractivity contribution in [2.45, 2.75) is 13.0 Å². The Morgan fingerprint density at radius 3 is 2.75 bits per heavy atom. The minimum absolute atomic E-state index is 0.0547. The maximum atomic E-state index is 12.4. The summed E-state index contributed by atoms with van der Waals surface area (Å²) >= 11 is 0. The fraction of sp³-hybridized carbons (Fsp3) is 0.167. The van der Waals surface area contributed by atoms with Gasteiger partial charge in [0.1, 0.15) is 0 Å². The molecule has 122 valence electrons. The van der Waals surface area contributed by atoms with Crippen LogP contribution in [-0.2, 0) is 4.79 Å². The molecule has 1 aromatic carbocycles. The van der Waals surface area contributed by atoms with Crippen LogP contribution in [0.2, 0.25) is 0 Å². The summed E-state index contributed by atoms with van der Waals surface area (Å²) in [5.74, 6) is 0.119. The highest BCUT2D eigenvalue weighted by atomic mass is 16.2. The monoisotopic (exact) mass is 321 g/mol. The normalized spacial score (nSPS) is 12.6. The molecule has 2 aromatic heterocycles. The third-order valence-electron chi connectivity index (χ3n) is 4.11. The summed E-state index contributed by atoms with van der Waals surface area (Å²) in [6, 6.07) is 8.00. The lowest BCUT2D eigenvalue weighted by Gasteiger charge is -2.23. The second-order valence-corrected chi connectivity index (χ2v) is 5.62. The molecule has 0 aliphatic heterocycles. The summed E-state index contributed by atoms with van der Waals surface area (Å²) in [7, 11) is 1.79. The van der Waals surface area contributed by atoms with E-state index in [0.29, 0.717) is 0 Å². The number of aromatic amines is 1. The number of carbonyl (C=O) groups excluding carboxylic acids is 1. The van der Waals surface area contributed by atoms with Crippen LogP contribution >= 0.6 is 0 Å². The van der Waals surface area contributed by atoms with Crippen molar-refractivity contribution >= 4 is 28.8 Å². The lowest BCUT2D eigenvalue weighted by molar-refractivity contribution is -0.126. The quantitative estimate of drug-likeness (QED) is 0.723. The van der Waals surface area contributed by atoms with Crippen molar-refractivity contribution in [2.75, 3.05) is 12.8 Å². The van der Waals surface area contributed by atoms with Crippen LogP contribution in [0.4, 0.5) is 5.95 Å². The Labute approximate surface area is 140 Å². The third-order valence-corrected chi connectivity index (χ3v) is 4.11. The Kier molecular flexibility index (Phi) is 4.29. The van der Waals surface area contributed by atoms with Crippen LogP contribution in [-0.4, -0.2) is 32.8 Å². The molecule has 0 bridgehead atoms. The van der Waals surface area contributed by atoms with Crippen LogP contribution in [0.15, 0.2) is 48.9 Å². The van der Waals surface area contributed by atoms with Gasteiger partial charge in [0.25, 0.3) is 0 Å². The van der Waals surface area contributed by atoms with Gasteiger partial charge in [0, 0.05) is 48.2 Å². The number of benzene rings is 1. The smallest absolute Gasteiger partial charge is 0.246 e. The number of hydrogen-bond acceptors (Lipinski definition) is 4. The number of H-pyrrole nitrogens is 1. The van der Waals surface area contributed by atoms with Crippen molar-refractivity contribution < 1.29 is 4.79 Å². The van der Waals surface area contributed by atoms with E-state index < -0.39 is 0 Å². The predicted octanol–water partition coefficient (Wildman–Crippen LogP) is 2.77. The van der Waals surface area contributed by atoms with E-state index in [1.165, 1.54) is 6.08 Å². The van der Waals surface area contributed by atoms with Gasteiger partial charge in [-0.2, -0.15) is 0 Å². The van der Waals surface area contributed by atoms with E-state index in [1.54, 1.807) is 30.4 Å². The molecule has 6 heteroatoms. The zero-order valence-electron chi connectivity index (χ0n) is 13.6. The van der Waals surface area contributed by atoms with E-state index in [2.05, 4.69) is 21.0 Å². The van der Waals surface area contributed by atoms with Crippen molar-refractivity contribution in [3.8, 4) is 0 Å². The van der Waals surface area contributed by atoms with Crippen molar-refractivity contribution in [3.05, 3.63) is 60.1 Å². The number of nitrogens with two attached hydrogens (primary N) is 1. The van der Waals surface area contributed by atoms with Gasteiger partial charge in [-0.1, -0.05) is 18.2 Å². The molecule has 1 atom stereocenters. The van der Waals surface area contributed by atoms with Gasteiger partial charge in [0.2, 0.25) is 11.9 Å². The summed E-state index contributed by atoms with van der Waals surface area (Å²) in [4.78, 5) is 25.2. The van der Waals surface area contributed by atoms with Crippen LogP contribution in [0, 0.1) is 0 Å². The summed E-state index contributed by atoms with van der Waals surface area (Å²) < 4.78 is 0. The highest BCUT2D eigenvalue weighted by Gasteiger charge is 2.18. The van der Waals surface area contributed by atoms with E-state index >= 15 is 0 Å². The number of para-hydroxylation sites is 1. The Bertz CT molecular complexity index is 882. The SMILES string of the molecule is CC(c1c[nH]c2ccccc12)N(C)C(=O)C=Cc1cnc(N)nc1. The van der Waals surface area contributed by atoms with Gasteiger partial charge >= 0.3 is 0 Å². The van der Waals surface area contributed by atoms with Crippen LogP contribution in [0.1, 0.15) is 24.1 Å². The van der Waals surface area contributed by atoms with E-state index in [-0.39, 0.29) is 17.9 Å². The molecule has 6 nitrogen and oxygen atoms in total. The van der Waals surface area contributed by atoms with Crippen LogP contribution in [0.5, 0.6) is 0 Å². The number of likely N-dealkylation sites (N-methyl/N-ethyl adjacent to an activating group) is 1. The van der Waals surface area contributed by atoms with Gasteiger partial charge in [-0.15, -0.1) is 0 Å². The van der Waals surface area contributed by atoms with Crippen LogP contribution in [0.3, 0.4) is 0 Å². The molecule has 3 aromatic rings. The second-order valence-electron chi connectivity index (χ2n) is 5.62. The first-order chi connectivity index (χ1) is 11.6. The molecule has 1 unspecified atom stereocenters. The Morgan fingerprint density at radius 1 is 1.29 bits per heavy atom. The van der Waals surface area contributed by atoms with E-state index in [1.807, 2.05) is 31.3 Å². The van der Waals surface area contributed by atoms with Crippen LogP contribution in [0.25, 0.3) is 17.0 Å². The molecule has 0 saturated heterocycles. The lowest BCUT2D eigenvalue weighted by Crippen LogP contribution is -2.27. The molecule has 0 fully saturated rings. The maximum Gasteiger partial charge on any atom is 0.246 e. The van der Waals surface area contributed by atoms with Crippen molar-refractivity contribution in [1.82, 2.24) is 19.9 Å². The average Bonchev–Trinajstić information content (AvgIpc) is 3.03. The standard InChI is InChI=1S/C18H19N5O/c1-12(15-11-20-16-6-4-3-5-14(15)16)23(2)17(24)8-7-13-9-21-18(19)22-10-13/h3-12,20H,1-2H3,(H2,19,21,22). The average molecular weight is 321 g/mol. The molecule has 0 aliphatic rings. The van der Waals surface area contributed by atoms with E-state index in [9.17, 15) is 4.79 Å². The number of carbonyl (C=O) groups is 1. The number of rotatable bonds is 4. The summed E-state index contributed by atoms with van der Waals surface area (Å²) in [6.07, 6.45) is 8.31. The summed E-state index contributed by atoms with van der Waals surface area (Å²) in [5, 5.41) is 1.13. The third kappa shape index (κ3) is 3.12. The number of nitrogen functional groups attached to an aromatic ring is 1. The number of nitrogens with one attached hydrogen (secondary N) is 1. The zero-order valence-corrected chi connectivity index (χ0v) is 13.6. The molecule has 24 heavy (non-hydrogen) atoms. The number of fused-ring (bicyclic) bond motifs is 1. The van der Waals surface area contributed by atoms with Crippen molar-refractivity contribution in [1.29, 1.82) is 0 Å². The number of anilines is 1. The molecule has 0 aliphatic carbocycles. The zero-order chi connectivity index (χ0) is 17.1. The van der Waals surface area contributed by atoms with E-state index in [4.69, 9.17) is 5.73 Å². The fourth-order valence-electron chi connectivity index (χ4n) is 2.56. The Hall–Kier alpha value is -3.15. The van der Waals surface area contributed by atoms with E-state index in [0.717, 1.165) is 22.0 Å². The molecule has 2 heterocycles. The number of aromatic nitrogens is 3. The first-order valence-corrected chi connectivity index (χ1v) is 7.64. The number of amides is 1. The number of nitrogens with zero attached hydrogens (tertiary/aromatic N) is 3. The summed E-state index contributed by atoms with van der Waals surface area (Å²) in [5.41, 5.74) is 8.33. The van der Waals surface area contributed by atoms with Gasteiger partial charge in [0.15, 0.2) is 0 Å². The minimum Gasteiger partial charge on any atom is -0.368 e. The highest BCUT2D eigenvalue weighted by Crippen LogP contribution is 2.27. The van der Waals surface area contributed by atoms with Gasteiger partial charge in [0.05, 0.1) is 6.04 Å². The van der Waals surface area contributed by atoms with Gasteiger partial charge in [-0.05, 0) is 24.6 Å². The highest BCUT2D eigenvalue weighted by molar-refractivity contribution is 5.92. The molecular weight excluding hydrogens is 302 g/mol. The van der Waals surface area contributed by atoms with Gasteiger partial charge in [-0.3, -0.25) is 4.79 Å². The molecule has 0 spiro atoms. The second kappa shape index (κ2) is 6.54. The molecule has 0 radical (unpaired) electrons. The molecule has 3 rings (SSSR count). The number of hydrogen-bond donors (Lipinski definition) is 2. The van der Waals surface area contributed by atoms with Crippen LogP contribution < -0.4 is 5.73 Å². The molecule has 1 amide bonds. The molecular formula is C18H19N5O. The predicted molar refractivity (Wildman–Crippen MR) is 95.0 cm³/mol. The topological polar surface area (TPSA) is 87.9 Å². The fourth-order valence-corrected chi connectivity index (χ4v) is 2.56. The largest absolute Gasteiger partial charge is 0.368 e. The van der Waals surface area contributed by atoms with Gasteiger partial charge < -0.3 is 15.6 Å². The maximum absolute atomic E-state index is 12.4. The molecule has 0 saturated carbocycles.